The van der Waals surface area contributed by atoms with Crippen LogP contribution in [0.2, 0.25) is 5.02 Å². The molecular formula is C13H11ClO4. The van der Waals surface area contributed by atoms with Crippen LogP contribution in [0.15, 0.2) is 34.9 Å². The largest absolute Gasteiger partial charge is 0.487 e. The standard InChI is InChI=1S/C13H11ClO4/c1-8-2-3-10(14)11(6-8)18-7-9-4-5-17-12(9)13(15)16/h2-6H,7H2,1H3,(H,15,16). The molecule has 0 saturated carbocycles. The summed E-state index contributed by atoms with van der Waals surface area (Å²) < 4.78 is 10.4. The predicted molar refractivity (Wildman–Crippen MR) is 66.2 cm³/mol. The van der Waals surface area contributed by atoms with Crippen LogP contribution in [0.5, 0.6) is 5.75 Å². The average molecular weight is 267 g/mol. The smallest absolute Gasteiger partial charge is 0.372 e. The van der Waals surface area contributed by atoms with Gasteiger partial charge in [0.25, 0.3) is 0 Å². The van der Waals surface area contributed by atoms with E-state index < -0.39 is 5.97 Å². The Morgan fingerprint density at radius 2 is 2.22 bits per heavy atom. The number of furan rings is 1. The number of rotatable bonds is 4. The minimum Gasteiger partial charge on any atom is -0.487 e. The normalized spacial score (nSPS) is 10.3. The number of ether oxygens (including phenoxy) is 1. The molecule has 0 aliphatic heterocycles. The van der Waals surface area contributed by atoms with E-state index in [0.29, 0.717) is 16.3 Å². The third kappa shape index (κ3) is 2.65. The number of benzene rings is 1. The maximum Gasteiger partial charge on any atom is 0.372 e. The topological polar surface area (TPSA) is 59.7 Å². The van der Waals surface area contributed by atoms with Crippen LogP contribution in [0, 0.1) is 6.92 Å². The lowest BCUT2D eigenvalue weighted by molar-refractivity contribution is 0.0658. The van der Waals surface area contributed by atoms with Crippen molar-refractivity contribution in [3.05, 3.63) is 52.4 Å². The number of aromatic carboxylic acids is 1. The molecule has 1 aromatic carbocycles. The summed E-state index contributed by atoms with van der Waals surface area (Å²) in [5.74, 6) is -0.707. The first kappa shape index (κ1) is 12.5. The van der Waals surface area contributed by atoms with Gasteiger partial charge in [-0.3, -0.25) is 0 Å². The van der Waals surface area contributed by atoms with E-state index in [1.165, 1.54) is 6.26 Å². The minimum atomic E-state index is -1.12. The van der Waals surface area contributed by atoms with E-state index in [2.05, 4.69) is 0 Å². The van der Waals surface area contributed by atoms with E-state index >= 15 is 0 Å². The molecule has 0 aliphatic carbocycles. The van der Waals surface area contributed by atoms with Crippen molar-refractivity contribution in [2.24, 2.45) is 0 Å². The molecule has 5 heteroatoms. The van der Waals surface area contributed by atoms with Gasteiger partial charge in [-0.1, -0.05) is 17.7 Å². The summed E-state index contributed by atoms with van der Waals surface area (Å²) >= 11 is 5.97. The van der Waals surface area contributed by atoms with Crippen LogP contribution < -0.4 is 4.74 Å². The Bertz CT molecular complexity index is 574. The zero-order valence-electron chi connectivity index (χ0n) is 9.64. The Kier molecular flexibility index (Phi) is 3.58. The number of carbonyl (C=O) groups is 1. The Morgan fingerprint density at radius 3 is 2.94 bits per heavy atom. The van der Waals surface area contributed by atoms with Gasteiger partial charge in [0.05, 0.1) is 11.3 Å². The fourth-order valence-corrected chi connectivity index (χ4v) is 1.69. The zero-order valence-corrected chi connectivity index (χ0v) is 10.4. The minimum absolute atomic E-state index is 0.0985. The van der Waals surface area contributed by atoms with Crippen LogP contribution in [0.3, 0.4) is 0 Å². The SMILES string of the molecule is Cc1ccc(Cl)c(OCc2ccoc2C(=O)O)c1. The molecule has 4 nitrogen and oxygen atoms in total. The third-order valence-electron chi connectivity index (χ3n) is 2.41. The van der Waals surface area contributed by atoms with E-state index in [0.717, 1.165) is 5.56 Å². The molecule has 18 heavy (non-hydrogen) atoms. The quantitative estimate of drug-likeness (QED) is 0.920. The van der Waals surface area contributed by atoms with E-state index in [9.17, 15) is 4.79 Å². The van der Waals surface area contributed by atoms with Gasteiger partial charge in [-0.2, -0.15) is 0 Å². The van der Waals surface area contributed by atoms with Gasteiger partial charge in [0, 0.05) is 5.56 Å². The number of hydrogen-bond acceptors (Lipinski definition) is 3. The number of carboxylic acids is 1. The molecule has 0 aliphatic rings. The highest BCUT2D eigenvalue weighted by atomic mass is 35.5. The average Bonchev–Trinajstić information content (AvgIpc) is 2.79. The summed E-state index contributed by atoms with van der Waals surface area (Å²) in [4.78, 5) is 10.8. The Hall–Kier alpha value is -1.94. The van der Waals surface area contributed by atoms with E-state index in [-0.39, 0.29) is 12.4 Å². The summed E-state index contributed by atoms with van der Waals surface area (Å²) in [6.07, 6.45) is 1.32. The first-order chi connectivity index (χ1) is 8.58. The van der Waals surface area contributed by atoms with E-state index in [1.807, 2.05) is 13.0 Å². The Balaban J connectivity index is 2.14. The van der Waals surface area contributed by atoms with Crippen LogP contribution in [0.4, 0.5) is 0 Å². The first-order valence-corrected chi connectivity index (χ1v) is 5.64. The van der Waals surface area contributed by atoms with Crippen LogP contribution in [0.25, 0.3) is 0 Å². The highest BCUT2D eigenvalue weighted by Crippen LogP contribution is 2.26. The lowest BCUT2D eigenvalue weighted by Crippen LogP contribution is -2.02. The zero-order chi connectivity index (χ0) is 13.1. The van der Waals surface area contributed by atoms with Crippen LogP contribution in [-0.2, 0) is 6.61 Å². The second-order valence-electron chi connectivity index (χ2n) is 3.80. The summed E-state index contributed by atoms with van der Waals surface area (Å²) in [6.45, 7) is 2.02. The predicted octanol–water partition coefficient (Wildman–Crippen LogP) is 3.52. The third-order valence-corrected chi connectivity index (χ3v) is 2.72. The lowest BCUT2D eigenvalue weighted by atomic mass is 10.2. The number of halogens is 1. The molecule has 0 fully saturated rings. The molecule has 0 atom stereocenters. The molecule has 0 bridgehead atoms. The highest BCUT2D eigenvalue weighted by molar-refractivity contribution is 6.32. The molecular weight excluding hydrogens is 256 g/mol. The molecule has 0 saturated heterocycles. The van der Waals surface area contributed by atoms with Crippen molar-refractivity contribution in [3.8, 4) is 5.75 Å². The van der Waals surface area contributed by atoms with Crippen molar-refractivity contribution < 1.29 is 19.1 Å². The Morgan fingerprint density at radius 1 is 1.44 bits per heavy atom. The molecule has 1 aromatic heterocycles. The number of aryl methyl sites for hydroxylation is 1. The lowest BCUT2D eigenvalue weighted by Gasteiger charge is -2.08. The molecule has 0 radical (unpaired) electrons. The van der Waals surface area contributed by atoms with Gasteiger partial charge in [0.1, 0.15) is 12.4 Å². The molecule has 2 aromatic rings. The van der Waals surface area contributed by atoms with Crippen LogP contribution >= 0.6 is 11.6 Å². The molecule has 94 valence electrons. The van der Waals surface area contributed by atoms with Crippen molar-refractivity contribution in [2.75, 3.05) is 0 Å². The highest BCUT2D eigenvalue weighted by Gasteiger charge is 2.14. The maximum absolute atomic E-state index is 10.8. The summed E-state index contributed by atoms with van der Waals surface area (Å²) in [7, 11) is 0. The van der Waals surface area contributed by atoms with Crippen molar-refractivity contribution in [1.29, 1.82) is 0 Å². The van der Waals surface area contributed by atoms with Gasteiger partial charge >= 0.3 is 5.97 Å². The summed E-state index contributed by atoms with van der Waals surface area (Å²) in [5.41, 5.74) is 1.49. The second-order valence-corrected chi connectivity index (χ2v) is 4.21. The van der Waals surface area contributed by atoms with Gasteiger partial charge in [0.15, 0.2) is 0 Å². The fourth-order valence-electron chi connectivity index (χ4n) is 1.51. The van der Waals surface area contributed by atoms with Gasteiger partial charge < -0.3 is 14.3 Å². The molecule has 1 heterocycles. The maximum atomic E-state index is 10.8. The van der Waals surface area contributed by atoms with Crippen molar-refractivity contribution in [2.45, 2.75) is 13.5 Å². The molecule has 0 spiro atoms. The van der Waals surface area contributed by atoms with Crippen LogP contribution in [-0.4, -0.2) is 11.1 Å². The second kappa shape index (κ2) is 5.14. The van der Waals surface area contributed by atoms with E-state index in [1.54, 1.807) is 18.2 Å². The van der Waals surface area contributed by atoms with Gasteiger partial charge in [-0.15, -0.1) is 0 Å². The summed E-state index contributed by atoms with van der Waals surface area (Å²) in [6, 6.07) is 6.96. The first-order valence-electron chi connectivity index (χ1n) is 5.26. The number of carboxylic acid groups (broad SMARTS) is 1. The fraction of sp³-hybridized carbons (Fsp3) is 0.154. The van der Waals surface area contributed by atoms with Gasteiger partial charge in [-0.05, 0) is 30.7 Å². The Labute approximate surface area is 109 Å². The molecule has 2 rings (SSSR count). The van der Waals surface area contributed by atoms with E-state index in [4.69, 9.17) is 25.9 Å². The van der Waals surface area contributed by atoms with Crippen molar-refractivity contribution in [3.63, 3.8) is 0 Å². The van der Waals surface area contributed by atoms with Crippen molar-refractivity contribution in [1.82, 2.24) is 0 Å². The van der Waals surface area contributed by atoms with Gasteiger partial charge in [0.2, 0.25) is 5.76 Å². The molecule has 1 N–H and O–H groups in total. The monoisotopic (exact) mass is 266 g/mol. The summed E-state index contributed by atoms with van der Waals surface area (Å²) in [5, 5.41) is 9.36. The number of hydrogen-bond donors (Lipinski definition) is 1. The van der Waals surface area contributed by atoms with Crippen LogP contribution in [0.1, 0.15) is 21.7 Å². The van der Waals surface area contributed by atoms with Crippen molar-refractivity contribution >= 4 is 17.6 Å². The molecule has 0 unspecified atom stereocenters. The molecule has 0 amide bonds. The van der Waals surface area contributed by atoms with Gasteiger partial charge in [-0.25, -0.2) is 4.79 Å².